The number of Topliss-reactive ketones (excluding diaryl/α,β-unsaturated/α-hetero) is 1. The molecule has 2 aromatic heterocycles. The Kier molecular flexibility index (Phi) is 4.55. The Labute approximate surface area is 140 Å². The van der Waals surface area contributed by atoms with Crippen LogP contribution in [0.15, 0.2) is 45.9 Å². The number of carbonyl (C=O) groups excluding carboxylic acids is 1. The Morgan fingerprint density at radius 1 is 1.22 bits per heavy atom. The normalized spacial score (nSPS) is 12.6. The second-order valence-corrected chi connectivity index (χ2v) is 6.59. The molecule has 0 bridgehead atoms. The van der Waals surface area contributed by atoms with Gasteiger partial charge in [0.15, 0.2) is 5.78 Å². The van der Waals surface area contributed by atoms with E-state index in [1.807, 2.05) is 22.9 Å². The van der Waals surface area contributed by atoms with Crippen molar-refractivity contribution in [2.75, 3.05) is 7.11 Å². The molecule has 0 spiro atoms. The summed E-state index contributed by atoms with van der Waals surface area (Å²) in [4.78, 5) is 26.9. The number of hydrogen-bond acceptors (Lipinski definition) is 5. The zero-order valence-corrected chi connectivity index (χ0v) is 13.9. The lowest BCUT2D eigenvalue weighted by Crippen LogP contribution is -2.19. The summed E-state index contributed by atoms with van der Waals surface area (Å²) in [5, 5.41) is 3.92. The van der Waals surface area contributed by atoms with Crippen LogP contribution in [-0.4, -0.2) is 17.9 Å². The maximum absolute atomic E-state index is 12.2. The Morgan fingerprint density at radius 3 is 2.65 bits per heavy atom. The molecule has 0 aliphatic rings. The van der Waals surface area contributed by atoms with E-state index in [-0.39, 0.29) is 11.3 Å². The number of hydrogen-bond donors (Lipinski definition) is 1. The summed E-state index contributed by atoms with van der Waals surface area (Å²) >= 11 is 2.84. The van der Waals surface area contributed by atoms with Crippen molar-refractivity contribution in [2.45, 2.75) is 0 Å². The Bertz CT molecular complexity index is 980. The monoisotopic (exact) mass is 343 g/mol. The smallest absolute Gasteiger partial charge is 0.266 e. The highest BCUT2D eigenvalue weighted by atomic mass is 32.1. The largest absolute Gasteiger partial charge is 0.497 e. The second-order valence-electron chi connectivity index (χ2n) is 4.72. The van der Waals surface area contributed by atoms with Gasteiger partial charge in [0.05, 0.1) is 16.3 Å². The van der Waals surface area contributed by atoms with Crippen LogP contribution in [0.5, 0.6) is 5.75 Å². The fourth-order valence-corrected chi connectivity index (χ4v) is 3.49. The fraction of sp³-hybridized carbons (Fsp3) is 0.0588. The summed E-state index contributed by atoms with van der Waals surface area (Å²) in [6.45, 7) is 0. The van der Waals surface area contributed by atoms with Gasteiger partial charge >= 0.3 is 0 Å². The number of H-pyrrole nitrogens is 1. The quantitative estimate of drug-likeness (QED) is 0.737. The SMILES string of the molecule is COc1ccc(C(=O)/C=c2\[nH]c(=O)/c(=C\c3ccsc3)s2)cc1. The Hall–Kier alpha value is -2.44. The molecule has 6 heteroatoms. The van der Waals surface area contributed by atoms with Gasteiger partial charge in [-0.3, -0.25) is 9.59 Å². The van der Waals surface area contributed by atoms with Gasteiger partial charge in [-0.2, -0.15) is 11.3 Å². The molecule has 4 nitrogen and oxygen atoms in total. The topological polar surface area (TPSA) is 59.2 Å². The van der Waals surface area contributed by atoms with Crippen molar-refractivity contribution in [3.05, 3.63) is 71.8 Å². The molecule has 0 aliphatic heterocycles. The number of aromatic amines is 1. The number of thiazole rings is 1. The van der Waals surface area contributed by atoms with Crippen molar-refractivity contribution in [3.8, 4) is 5.75 Å². The maximum Gasteiger partial charge on any atom is 0.266 e. The zero-order chi connectivity index (χ0) is 16.2. The van der Waals surface area contributed by atoms with Crippen LogP contribution < -0.4 is 19.5 Å². The van der Waals surface area contributed by atoms with Crippen LogP contribution in [0.2, 0.25) is 0 Å². The fourth-order valence-electron chi connectivity index (χ4n) is 1.99. The standard InChI is InChI=1S/C17H13NO3S2/c1-21-13-4-2-12(3-5-13)14(19)9-16-18-17(20)15(23-16)8-11-6-7-22-10-11/h2-10H,1H3,(H,18,20)/b15-8+,16-9+. The number of aromatic nitrogens is 1. The lowest BCUT2D eigenvalue weighted by Gasteiger charge is -1.99. The molecule has 0 saturated heterocycles. The Balaban J connectivity index is 1.93. The van der Waals surface area contributed by atoms with E-state index >= 15 is 0 Å². The summed E-state index contributed by atoms with van der Waals surface area (Å²) in [5.74, 6) is 0.533. The molecule has 0 saturated carbocycles. The molecule has 0 unspecified atom stereocenters. The van der Waals surface area contributed by atoms with Crippen LogP contribution in [0.3, 0.4) is 0 Å². The number of thiophene rings is 1. The highest BCUT2D eigenvalue weighted by Crippen LogP contribution is 2.12. The van der Waals surface area contributed by atoms with E-state index in [0.717, 1.165) is 5.56 Å². The summed E-state index contributed by atoms with van der Waals surface area (Å²) < 4.78 is 6.19. The maximum atomic E-state index is 12.2. The number of benzene rings is 1. The van der Waals surface area contributed by atoms with Crippen LogP contribution in [0, 0.1) is 0 Å². The van der Waals surface area contributed by atoms with E-state index in [2.05, 4.69) is 4.98 Å². The predicted octanol–water partition coefficient (Wildman–Crippen LogP) is 2.00. The molecule has 0 radical (unpaired) electrons. The van der Waals surface area contributed by atoms with Gasteiger partial charge in [0.1, 0.15) is 5.75 Å². The summed E-state index contributed by atoms with van der Waals surface area (Å²) in [5.41, 5.74) is 1.34. The minimum absolute atomic E-state index is 0.160. The molecule has 116 valence electrons. The van der Waals surface area contributed by atoms with Crippen LogP contribution >= 0.6 is 22.7 Å². The number of rotatable bonds is 4. The molecular weight excluding hydrogens is 330 g/mol. The van der Waals surface area contributed by atoms with Gasteiger partial charge in [-0.05, 0) is 52.7 Å². The number of ketones is 1. The van der Waals surface area contributed by atoms with Crippen molar-refractivity contribution < 1.29 is 9.53 Å². The summed E-state index contributed by atoms with van der Waals surface area (Å²) in [6.07, 6.45) is 3.26. The van der Waals surface area contributed by atoms with Gasteiger partial charge in [-0.15, -0.1) is 11.3 Å². The van der Waals surface area contributed by atoms with E-state index < -0.39 is 0 Å². The van der Waals surface area contributed by atoms with Gasteiger partial charge in [-0.25, -0.2) is 0 Å². The first kappa shape index (κ1) is 15.5. The van der Waals surface area contributed by atoms with Gasteiger partial charge in [0.25, 0.3) is 5.56 Å². The lowest BCUT2D eigenvalue weighted by atomic mass is 10.1. The molecule has 3 rings (SSSR count). The third-order valence-electron chi connectivity index (χ3n) is 3.16. The van der Waals surface area contributed by atoms with Crippen molar-refractivity contribution >= 4 is 40.6 Å². The van der Waals surface area contributed by atoms with Gasteiger partial charge in [0.2, 0.25) is 0 Å². The first-order valence-electron chi connectivity index (χ1n) is 6.79. The van der Waals surface area contributed by atoms with Crippen molar-refractivity contribution in [3.63, 3.8) is 0 Å². The number of carbonyl (C=O) groups is 1. The van der Waals surface area contributed by atoms with Crippen molar-refractivity contribution in [2.24, 2.45) is 0 Å². The number of nitrogens with one attached hydrogen (secondary N) is 1. The van der Waals surface area contributed by atoms with Gasteiger partial charge in [-0.1, -0.05) is 0 Å². The van der Waals surface area contributed by atoms with Crippen LogP contribution in [0.1, 0.15) is 15.9 Å². The molecule has 1 aromatic carbocycles. The van der Waals surface area contributed by atoms with Gasteiger partial charge in [0, 0.05) is 11.6 Å². The summed E-state index contributed by atoms with van der Waals surface area (Å²) in [7, 11) is 1.57. The molecule has 0 aliphatic carbocycles. The highest BCUT2D eigenvalue weighted by molar-refractivity contribution is 7.08. The molecule has 2 heterocycles. The van der Waals surface area contributed by atoms with E-state index in [4.69, 9.17) is 4.74 Å². The van der Waals surface area contributed by atoms with E-state index in [0.29, 0.717) is 20.5 Å². The van der Waals surface area contributed by atoms with E-state index in [9.17, 15) is 9.59 Å². The first-order chi connectivity index (χ1) is 11.2. The molecule has 0 fully saturated rings. The minimum atomic E-state index is -0.185. The molecule has 0 atom stereocenters. The van der Waals surface area contributed by atoms with Crippen LogP contribution in [0.4, 0.5) is 0 Å². The molecule has 23 heavy (non-hydrogen) atoms. The first-order valence-corrected chi connectivity index (χ1v) is 8.55. The van der Waals surface area contributed by atoms with Crippen LogP contribution in [0.25, 0.3) is 12.2 Å². The molecule has 1 N–H and O–H groups in total. The molecular formula is C17H13NO3S2. The second kappa shape index (κ2) is 6.76. The predicted molar refractivity (Wildman–Crippen MR) is 93.9 cm³/mol. The summed E-state index contributed by atoms with van der Waals surface area (Å²) in [6, 6.07) is 8.79. The lowest BCUT2D eigenvalue weighted by molar-refractivity contribution is 0.106. The third-order valence-corrected chi connectivity index (χ3v) is 4.82. The zero-order valence-electron chi connectivity index (χ0n) is 12.2. The average Bonchev–Trinajstić information content (AvgIpc) is 3.18. The van der Waals surface area contributed by atoms with Crippen LogP contribution in [-0.2, 0) is 0 Å². The van der Waals surface area contributed by atoms with Crippen molar-refractivity contribution in [1.82, 2.24) is 4.98 Å². The minimum Gasteiger partial charge on any atom is -0.497 e. The van der Waals surface area contributed by atoms with Gasteiger partial charge < -0.3 is 9.72 Å². The van der Waals surface area contributed by atoms with E-state index in [1.165, 1.54) is 17.4 Å². The van der Waals surface area contributed by atoms with E-state index in [1.54, 1.807) is 42.7 Å². The number of methoxy groups -OCH3 is 1. The Morgan fingerprint density at radius 2 is 2.00 bits per heavy atom. The van der Waals surface area contributed by atoms with Crippen molar-refractivity contribution in [1.29, 1.82) is 0 Å². The highest BCUT2D eigenvalue weighted by Gasteiger charge is 2.04. The number of ether oxygens (including phenoxy) is 1. The average molecular weight is 343 g/mol. The molecule has 0 amide bonds. The molecule has 3 aromatic rings. The third kappa shape index (κ3) is 3.67.